The van der Waals surface area contributed by atoms with Crippen LogP contribution < -0.4 is 10.6 Å². The van der Waals surface area contributed by atoms with Crippen molar-refractivity contribution in [2.45, 2.75) is 25.8 Å². The number of furan rings is 1. The van der Waals surface area contributed by atoms with Crippen molar-refractivity contribution < 1.29 is 24.0 Å². The number of rotatable bonds is 9. The molecule has 0 aromatic carbocycles. The van der Waals surface area contributed by atoms with E-state index in [4.69, 9.17) is 4.42 Å². The molecular weight excluding hydrogens is 290 g/mol. The predicted octanol–water partition coefficient (Wildman–Crippen LogP) is 0.0235. The number of unbranched alkanes of at least 4 members (excludes halogenated alkanes) is 1. The average molecular weight is 311 g/mol. The molecule has 8 nitrogen and oxygen atoms in total. The summed E-state index contributed by atoms with van der Waals surface area (Å²) in [6, 6.07) is 2.06. The third-order valence-electron chi connectivity index (χ3n) is 2.79. The van der Waals surface area contributed by atoms with Gasteiger partial charge in [-0.15, -0.1) is 0 Å². The largest absolute Gasteiger partial charge is 0.462 e. The highest BCUT2D eigenvalue weighted by molar-refractivity contribution is 6.44. The first-order valence-electron chi connectivity index (χ1n) is 6.98. The number of aliphatic hydroxyl groups is 1. The van der Waals surface area contributed by atoms with Crippen LogP contribution in [0.4, 0.5) is 0 Å². The highest BCUT2D eigenvalue weighted by Crippen LogP contribution is 2.04. The quantitative estimate of drug-likeness (QED) is 0.338. The predicted molar refractivity (Wildman–Crippen MR) is 79.2 cm³/mol. The van der Waals surface area contributed by atoms with E-state index in [-0.39, 0.29) is 11.5 Å². The van der Waals surface area contributed by atoms with Crippen LogP contribution in [0.15, 0.2) is 28.0 Å². The zero-order valence-corrected chi connectivity index (χ0v) is 12.7. The van der Waals surface area contributed by atoms with Crippen LogP contribution in [0.1, 0.15) is 25.5 Å². The van der Waals surface area contributed by atoms with Crippen LogP contribution in [0.2, 0.25) is 0 Å². The van der Waals surface area contributed by atoms with Gasteiger partial charge in [0.15, 0.2) is 5.76 Å². The Kier molecular flexibility index (Phi) is 7.69. The van der Waals surface area contributed by atoms with Crippen LogP contribution in [0, 0.1) is 0 Å². The van der Waals surface area contributed by atoms with Crippen molar-refractivity contribution in [3.63, 3.8) is 0 Å². The van der Waals surface area contributed by atoms with Gasteiger partial charge in [-0.2, -0.15) is 0 Å². The Balaban J connectivity index is 2.70. The maximum absolute atomic E-state index is 12.2. The maximum Gasteiger partial charge on any atom is 0.277 e. The lowest BCUT2D eigenvalue weighted by Gasteiger charge is -2.16. The topological polar surface area (TPSA) is 113 Å². The zero-order valence-electron chi connectivity index (χ0n) is 12.7. The van der Waals surface area contributed by atoms with Gasteiger partial charge in [-0.05, 0) is 18.6 Å². The molecule has 0 radical (unpaired) electrons. The molecule has 0 bridgehead atoms. The fourth-order valence-electron chi connectivity index (χ4n) is 1.64. The highest BCUT2D eigenvalue weighted by atomic mass is 16.6. The molecule has 0 spiro atoms. The van der Waals surface area contributed by atoms with Crippen LogP contribution in [0.5, 0.6) is 0 Å². The van der Waals surface area contributed by atoms with Gasteiger partial charge in [0.25, 0.3) is 5.91 Å². The van der Waals surface area contributed by atoms with Crippen molar-refractivity contribution in [3.05, 3.63) is 24.2 Å². The van der Waals surface area contributed by atoms with Crippen LogP contribution in [-0.2, 0) is 14.4 Å². The first-order chi connectivity index (χ1) is 10.6. The summed E-state index contributed by atoms with van der Waals surface area (Å²) in [6.45, 7) is 1.95. The summed E-state index contributed by atoms with van der Waals surface area (Å²) in [5, 5.41) is 17.9. The maximum atomic E-state index is 12.2. The van der Waals surface area contributed by atoms with Crippen molar-refractivity contribution >= 4 is 17.5 Å². The summed E-state index contributed by atoms with van der Waals surface area (Å²) < 4.78 is 5.09. The van der Waals surface area contributed by atoms with Crippen molar-refractivity contribution in [1.29, 1.82) is 0 Å². The summed E-state index contributed by atoms with van der Waals surface area (Å²) in [6.07, 6.45) is 3.13. The molecule has 0 aliphatic heterocycles. The number of nitrogens with one attached hydrogen (secondary N) is 2. The molecule has 1 rings (SSSR count). The molecule has 0 aliphatic carbocycles. The molecule has 8 heteroatoms. The first kappa shape index (κ1) is 17.7. The van der Waals surface area contributed by atoms with Crippen molar-refractivity contribution in [2.75, 3.05) is 20.3 Å². The molecule has 0 saturated heterocycles. The minimum atomic E-state index is -1.07. The fourth-order valence-corrected chi connectivity index (χ4v) is 1.64. The van der Waals surface area contributed by atoms with Crippen LogP contribution in [0.25, 0.3) is 0 Å². The van der Waals surface area contributed by atoms with Crippen molar-refractivity contribution in [1.82, 2.24) is 10.6 Å². The lowest BCUT2D eigenvalue weighted by atomic mass is 10.2. The minimum absolute atomic E-state index is 0.118. The first-order valence-corrected chi connectivity index (χ1v) is 6.98. The molecule has 0 aliphatic rings. The van der Waals surface area contributed by atoms with Crippen LogP contribution >= 0.6 is 0 Å². The molecule has 22 heavy (non-hydrogen) atoms. The van der Waals surface area contributed by atoms with Crippen LogP contribution in [-0.4, -0.2) is 48.9 Å². The van der Waals surface area contributed by atoms with E-state index in [9.17, 15) is 14.7 Å². The second-order valence-corrected chi connectivity index (χ2v) is 4.45. The number of aliphatic hydroxyl groups excluding tert-OH is 1. The Bertz CT molecular complexity index is 499. The summed E-state index contributed by atoms with van der Waals surface area (Å²) >= 11 is 0. The van der Waals surface area contributed by atoms with Gasteiger partial charge in [0.05, 0.1) is 12.9 Å². The standard InChI is InChI=1S/C14H21N3O5/c1-3-4-7-15-13(19)10(9-18)16-14(20)12(17-21-2)11-6-5-8-22-11/h5-6,8,10,18H,3-4,7,9H2,1-2H3,(H,15,19)(H,16,20)/b17-12-/t10-/m0/s1. The Labute approximate surface area is 128 Å². The van der Waals surface area contributed by atoms with E-state index in [1.54, 1.807) is 6.07 Å². The Morgan fingerprint density at radius 2 is 2.27 bits per heavy atom. The smallest absolute Gasteiger partial charge is 0.277 e. The van der Waals surface area contributed by atoms with Crippen LogP contribution in [0.3, 0.4) is 0 Å². The third-order valence-corrected chi connectivity index (χ3v) is 2.79. The molecule has 1 aromatic heterocycles. The number of oxime groups is 1. The Hall–Kier alpha value is -2.35. The van der Waals surface area contributed by atoms with E-state index in [1.807, 2.05) is 6.92 Å². The van der Waals surface area contributed by atoms with E-state index in [0.29, 0.717) is 6.54 Å². The summed E-state index contributed by atoms with van der Waals surface area (Å²) in [5.74, 6) is -0.940. The fraction of sp³-hybridized carbons (Fsp3) is 0.500. The number of hydrogen-bond donors (Lipinski definition) is 3. The summed E-state index contributed by atoms with van der Waals surface area (Å²) in [4.78, 5) is 28.6. The van der Waals surface area contributed by atoms with Gasteiger partial charge in [0.1, 0.15) is 13.2 Å². The minimum Gasteiger partial charge on any atom is -0.462 e. The van der Waals surface area contributed by atoms with Gasteiger partial charge >= 0.3 is 0 Å². The molecule has 122 valence electrons. The normalized spacial score (nSPS) is 12.6. The number of carbonyl (C=O) groups excluding carboxylic acids is 2. The van der Waals surface area contributed by atoms with Gasteiger partial charge in [-0.3, -0.25) is 9.59 Å². The van der Waals surface area contributed by atoms with Crippen molar-refractivity contribution in [2.24, 2.45) is 5.16 Å². The monoisotopic (exact) mass is 311 g/mol. The van der Waals surface area contributed by atoms with Gasteiger partial charge in [-0.25, -0.2) is 0 Å². The number of hydrogen-bond acceptors (Lipinski definition) is 6. The lowest BCUT2D eigenvalue weighted by molar-refractivity contribution is -0.127. The molecule has 1 heterocycles. The third kappa shape index (κ3) is 5.21. The molecule has 2 amide bonds. The molecule has 3 N–H and O–H groups in total. The van der Waals surface area contributed by atoms with Gasteiger partial charge < -0.3 is 25.0 Å². The van der Waals surface area contributed by atoms with E-state index in [2.05, 4.69) is 20.6 Å². The highest BCUT2D eigenvalue weighted by Gasteiger charge is 2.24. The summed E-state index contributed by atoms with van der Waals surface area (Å²) in [5.41, 5.74) is -0.118. The number of amides is 2. The van der Waals surface area contributed by atoms with Gasteiger partial charge in [0.2, 0.25) is 11.6 Å². The second-order valence-electron chi connectivity index (χ2n) is 4.45. The number of nitrogens with zero attached hydrogens (tertiary/aromatic N) is 1. The lowest BCUT2D eigenvalue weighted by Crippen LogP contribution is -2.51. The van der Waals surface area contributed by atoms with E-state index < -0.39 is 24.5 Å². The van der Waals surface area contributed by atoms with E-state index >= 15 is 0 Å². The molecule has 0 saturated carbocycles. The Morgan fingerprint density at radius 3 is 2.82 bits per heavy atom. The van der Waals surface area contributed by atoms with Gasteiger partial charge in [-0.1, -0.05) is 18.5 Å². The Morgan fingerprint density at radius 1 is 1.50 bits per heavy atom. The summed E-state index contributed by atoms with van der Waals surface area (Å²) in [7, 11) is 1.29. The van der Waals surface area contributed by atoms with Gasteiger partial charge in [0, 0.05) is 6.54 Å². The average Bonchev–Trinajstić information content (AvgIpc) is 3.04. The molecule has 0 fully saturated rings. The van der Waals surface area contributed by atoms with Crippen molar-refractivity contribution in [3.8, 4) is 0 Å². The molecule has 1 aromatic rings. The molecule has 1 atom stereocenters. The number of carbonyl (C=O) groups is 2. The second kappa shape index (κ2) is 9.56. The zero-order chi connectivity index (χ0) is 16.4. The molecule has 0 unspecified atom stereocenters. The van der Waals surface area contributed by atoms with E-state index in [0.717, 1.165) is 12.8 Å². The SMILES string of the molecule is CCCCNC(=O)[C@H](CO)NC(=O)/C(=N\OC)c1ccco1. The van der Waals surface area contributed by atoms with E-state index in [1.165, 1.54) is 19.4 Å². The molecular formula is C14H21N3O5.